The topological polar surface area (TPSA) is 72.8 Å². The fourth-order valence-corrected chi connectivity index (χ4v) is 3.24. The summed E-state index contributed by atoms with van der Waals surface area (Å²) in [6.45, 7) is 7.45. The van der Waals surface area contributed by atoms with Gasteiger partial charge in [0.15, 0.2) is 5.96 Å². The van der Waals surface area contributed by atoms with Crippen molar-refractivity contribution in [1.82, 2.24) is 15.6 Å². The van der Waals surface area contributed by atoms with Crippen LogP contribution in [0.15, 0.2) is 47.6 Å². The molecule has 28 heavy (non-hydrogen) atoms. The summed E-state index contributed by atoms with van der Waals surface area (Å²) in [7, 11) is 0. The molecule has 2 heterocycles. The molecule has 1 aromatic heterocycles. The Balaban J connectivity index is 0.00000280. The van der Waals surface area contributed by atoms with Crippen molar-refractivity contribution in [2.75, 3.05) is 24.5 Å². The highest BCUT2D eigenvalue weighted by atomic mass is 127. The number of aliphatic imine (C=N–C) groups is 1. The number of hydrogen-bond acceptors (Lipinski definition) is 4. The van der Waals surface area contributed by atoms with Crippen molar-refractivity contribution in [2.24, 2.45) is 4.99 Å². The molecule has 1 saturated heterocycles. The van der Waals surface area contributed by atoms with E-state index in [2.05, 4.69) is 51.5 Å². The minimum atomic E-state index is 0. The Morgan fingerprint density at radius 3 is 2.68 bits per heavy atom. The van der Waals surface area contributed by atoms with Crippen LogP contribution in [0.4, 0.5) is 5.82 Å². The van der Waals surface area contributed by atoms with Crippen molar-refractivity contribution in [3.8, 4) is 5.75 Å². The Bertz CT molecular complexity index is 758. The predicted octanol–water partition coefficient (Wildman–Crippen LogP) is 3.44. The number of rotatable bonds is 5. The molecule has 0 amide bonds. The summed E-state index contributed by atoms with van der Waals surface area (Å²) < 4.78 is 0. The molecule has 0 atom stereocenters. The first-order valence-corrected chi connectivity index (χ1v) is 9.64. The first-order chi connectivity index (χ1) is 13.1. The number of nitrogens with one attached hydrogen (secondary N) is 2. The smallest absolute Gasteiger partial charge is 0.191 e. The standard InChI is InChI=1S/C21H29N5O.HI/c1-3-22-21(24-15-17-5-4-6-19(27)13-17)25-18-9-11-26(12-10-18)20-8-7-16(2)14-23-20;/h4-8,13-14,18,27H,3,9-12,15H2,1-2H3,(H2,22,24,25);1H. The van der Waals surface area contributed by atoms with Gasteiger partial charge in [-0.2, -0.15) is 0 Å². The number of aromatic nitrogens is 1. The van der Waals surface area contributed by atoms with Gasteiger partial charge in [-0.15, -0.1) is 24.0 Å². The van der Waals surface area contributed by atoms with Crippen LogP contribution < -0.4 is 15.5 Å². The lowest BCUT2D eigenvalue weighted by molar-refractivity contribution is 0.459. The lowest BCUT2D eigenvalue weighted by Gasteiger charge is -2.33. The molecule has 3 rings (SSSR count). The molecule has 6 nitrogen and oxygen atoms in total. The maximum atomic E-state index is 9.59. The predicted molar refractivity (Wildman–Crippen MR) is 126 cm³/mol. The Morgan fingerprint density at radius 2 is 2.04 bits per heavy atom. The third-order valence-corrected chi connectivity index (χ3v) is 4.73. The Hall–Kier alpha value is -2.03. The number of aromatic hydroxyl groups is 1. The molecule has 0 bridgehead atoms. The average molecular weight is 495 g/mol. The van der Waals surface area contributed by atoms with Crippen molar-refractivity contribution in [3.63, 3.8) is 0 Å². The summed E-state index contributed by atoms with van der Waals surface area (Å²) in [6.07, 6.45) is 4.02. The lowest BCUT2D eigenvalue weighted by atomic mass is 10.1. The zero-order valence-corrected chi connectivity index (χ0v) is 18.9. The Kier molecular flexibility index (Phi) is 8.82. The quantitative estimate of drug-likeness (QED) is 0.337. The fourth-order valence-electron chi connectivity index (χ4n) is 3.24. The summed E-state index contributed by atoms with van der Waals surface area (Å²) >= 11 is 0. The third kappa shape index (κ3) is 6.54. The molecule has 1 aliphatic rings. The van der Waals surface area contributed by atoms with Crippen molar-refractivity contribution in [1.29, 1.82) is 0 Å². The van der Waals surface area contributed by atoms with Gasteiger partial charge in [0, 0.05) is 31.9 Å². The van der Waals surface area contributed by atoms with E-state index in [1.807, 2.05) is 18.3 Å². The molecule has 0 spiro atoms. The average Bonchev–Trinajstić information content (AvgIpc) is 2.68. The molecular weight excluding hydrogens is 465 g/mol. The third-order valence-electron chi connectivity index (χ3n) is 4.73. The van der Waals surface area contributed by atoms with Crippen molar-refractivity contribution < 1.29 is 5.11 Å². The first kappa shape index (κ1) is 22.3. The molecule has 0 radical (unpaired) electrons. The zero-order valence-electron chi connectivity index (χ0n) is 16.6. The second-order valence-corrected chi connectivity index (χ2v) is 6.96. The number of pyridine rings is 1. The summed E-state index contributed by atoms with van der Waals surface area (Å²) in [4.78, 5) is 11.5. The fraction of sp³-hybridized carbons (Fsp3) is 0.429. The van der Waals surface area contributed by atoms with Crippen molar-refractivity contribution >= 4 is 35.8 Å². The van der Waals surface area contributed by atoms with E-state index in [0.717, 1.165) is 49.8 Å². The number of guanidine groups is 1. The summed E-state index contributed by atoms with van der Waals surface area (Å²) in [6, 6.07) is 11.9. The number of phenols is 1. The maximum absolute atomic E-state index is 9.59. The van der Waals surface area contributed by atoms with Crippen LogP contribution >= 0.6 is 24.0 Å². The number of phenolic OH excluding ortho intramolecular Hbond substituents is 1. The lowest BCUT2D eigenvalue weighted by Crippen LogP contribution is -2.48. The summed E-state index contributed by atoms with van der Waals surface area (Å²) in [5, 5.41) is 16.5. The van der Waals surface area contributed by atoms with E-state index < -0.39 is 0 Å². The van der Waals surface area contributed by atoms with E-state index in [0.29, 0.717) is 12.6 Å². The highest BCUT2D eigenvalue weighted by Crippen LogP contribution is 2.18. The van der Waals surface area contributed by atoms with Gasteiger partial charge in [0.2, 0.25) is 0 Å². The van der Waals surface area contributed by atoms with Crippen LogP contribution in [0.3, 0.4) is 0 Å². The number of aryl methyl sites for hydroxylation is 1. The van der Waals surface area contributed by atoms with Gasteiger partial charge in [-0.1, -0.05) is 18.2 Å². The summed E-state index contributed by atoms with van der Waals surface area (Å²) in [5.74, 6) is 2.16. The molecule has 7 heteroatoms. The van der Waals surface area contributed by atoms with Gasteiger partial charge in [0.1, 0.15) is 11.6 Å². The van der Waals surface area contributed by atoms with Gasteiger partial charge in [0.25, 0.3) is 0 Å². The highest BCUT2D eigenvalue weighted by molar-refractivity contribution is 14.0. The van der Waals surface area contributed by atoms with Gasteiger partial charge in [-0.25, -0.2) is 9.98 Å². The van der Waals surface area contributed by atoms with E-state index >= 15 is 0 Å². The van der Waals surface area contributed by atoms with Gasteiger partial charge in [0.05, 0.1) is 6.54 Å². The van der Waals surface area contributed by atoms with E-state index in [4.69, 9.17) is 0 Å². The van der Waals surface area contributed by atoms with Crippen LogP contribution in [0.2, 0.25) is 0 Å². The molecule has 3 N–H and O–H groups in total. The Labute approximate surface area is 184 Å². The van der Waals surface area contributed by atoms with Gasteiger partial charge >= 0.3 is 0 Å². The molecule has 152 valence electrons. The number of benzene rings is 1. The van der Waals surface area contributed by atoms with Crippen LogP contribution in [-0.4, -0.2) is 41.7 Å². The Morgan fingerprint density at radius 1 is 1.25 bits per heavy atom. The molecule has 2 aromatic rings. The normalized spacial score (nSPS) is 15.1. The SMILES string of the molecule is CCNC(=NCc1cccc(O)c1)NC1CCN(c2ccc(C)cn2)CC1.I. The van der Waals surface area contributed by atoms with E-state index in [9.17, 15) is 5.11 Å². The maximum Gasteiger partial charge on any atom is 0.191 e. The minimum Gasteiger partial charge on any atom is -0.508 e. The van der Waals surface area contributed by atoms with E-state index in [1.165, 1.54) is 5.56 Å². The second-order valence-electron chi connectivity index (χ2n) is 6.96. The second kappa shape index (κ2) is 11.1. The van der Waals surface area contributed by atoms with Crippen LogP contribution in [0.5, 0.6) is 5.75 Å². The van der Waals surface area contributed by atoms with E-state index in [-0.39, 0.29) is 29.7 Å². The van der Waals surface area contributed by atoms with E-state index in [1.54, 1.807) is 12.1 Å². The van der Waals surface area contributed by atoms with Crippen molar-refractivity contribution in [3.05, 3.63) is 53.7 Å². The van der Waals surface area contributed by atoms with Crippen LogP contribution in [0.1, 0.15) is 30.9 Å². The molecule has 1 aliphatic heterocycles. The molecule has 0 saturated carbocycles. The van der Waals surface area contributed by atoms with Crippen molar-refractivity contribution in [2.45, 2.75) is 39.3 Å². The largest absolute Gasteiger partial charge is 0.508 e. The van der Waals surface area contributed by atoms with Crippen LogP contribution in [0, 0.1) is 6.92 Å². The summed E-state index contributed by atoms with van der Waals surface area (Å²) in [5.41, 5.74) is 2.18. The zero-order chi connectivity index (χ0) is 19.1. The molecule has 1 fully saturated rings. The van der Waals surface area contributed by atoms with Gasteiger partial charge < -0.3 is 20.6 Å². The minimum absolute atomic E-state index is 0. The highest BCUT2D eigenvalue weighted by Gasteiger charge is 2.20. The van der Waals surface area contributed by atoms with Gasteiger partial charge in [-0.3, -0.25) is 0 Å². The number of hydrogen-bond donors (Lipinski definition) is 3. The molecular formula is C21H30IN5O. The first-order valence-electron chi connectivity index (χ1n) is 9.64. The number of halogens is 1. The van der Waals surface area contributed by atoms with Crippen LogP contribution in [0.25, 0.3) is 0 Å². The molecule has 1 aromatic carbocycles. The van der Waals surface area contributed by atoms with Crippen LogP contribution in [-0.2, 0) is 6.54 Å². The molecule has 0 aliphatic carbocycles. The monoisotopic (exact) mass is 495 g/mol. The number of piperidine rings is 1. The number of nitrogens with zero attached hydrogens (tertiary/aromatic N) is 3. The molecule has 0 unspecified atom stereocenters. The number of anilines is 1. The van der Waals surface area contributed by atoms with Gasteiger partial charge in [-0.05, 0) is 56.0 Å².